The van der Waals surface area contributed by atoms with E-state index in [9.17, 15) is 14.7 Å². The van der Waals surface area contributed by atoms with Crippen LogP contribution in [0, 0.1) is 18.8 Å². The second-order valence-electron chi connectivity index (χ2n) is 7.86. The minimum Gasteiger partial charge on any atom is -0.480 e. The first-order valence-electron chi connectivity index (χ1n) is 10.3. The summed E-state index contributed by atoms with van der Waals surface area (Å²) in [6.07, 6.45) is 0.442. The normalized spacial score (nSPS) is 13.8. The maximum atomic E-state index is 12.3. The molecule has 8 nitrogen and oxygen atoms in total. The van der Waals surface area contributed by atoms with Crippen molar-refractivity contribution in [3.05, 3.63) is 69.1 Å². The van der Waals surface area contributed by atoms with E-state index in [0.29, 0.717) is 51.7 Å². The van der Waals surface area contributed by atoms with Gasteiger partial charge in [-0.2, -0.15) is 4.37 Å². The molecule has 4 aromatic rings. The van der Waals surface area contributed by atoms with Crippen LogP contribution in [0.25, 0.3) is 11.2 Å². The van der Waals surface area contributed by atoms with Gasteiger partial charge in [0.2, 0.25) is 0 Å². The minimum absolute atomic E-state index is 0.0275. The number of hydrogen-bond donors (Lipinski definition) is 2. The second kappa shape index (κ2) is 8.56. The van der Waals surface area contributed by atoms with Crippen LogP contribution in [0.2, 0.25) is 5.02 Å². The molecule has 0 aliphatic heterocycles. The van der Waals surface area contributed by atoms with E-state index in [1.165, 1.54) is 11.5 Å². The second-order valence-corrected chi connectivity index (χ2v) is 9.24. The van der Waals surface area contributed by atoms with E-state index in [1.807, 2.05) is 13.0 Å². The Kier molecular flexibility index (Phi) is 5.55. The molecule has 34 heavy (non-hydrogen) atoms. The van der Waals surface area contributed by atoms with Crippen LogP contribution in [0.4, 0.5) is 10.5 Å². The van der Waals surface area contributed by atoms with Crippen LogP contribution in [0.3, 0.4) is 0 Å². The minimum atomic E-state index is -0.938. The molecule has 172 valence electrons. The molecule has 1 aromatic carbocycles. The molecule has 1 fully saturated rings. The first-order chi connectivity index (χ1) is 16.4. The summed E-state index contributed by atoms with van der Waals surface area (Å²) in [5.41, 5.74) is 0.581. The first kappa shape index (κ1) is 22.1. The summed E-state index contributed by atoms with van der Waals surface area (Å²) in [5, 5.41) is 13.3. The number of rotatable bonds is 5. The number of nitrogens with zero attached hydrogens (tertiary/aromatic N) is 1. The van der Waals surface area contributed by atoms with Crippen LogP contribution in [0.5, 0.6) is 0 Å². The number of carboxylic acid groups (broad SMARTS) is 1. The number of aromatic nitrogens is 1. The van der Waals surface area contributed by atoms with Gasteiger partial charge >= 0.3 is 12.1 Å². The van der Waals surface area contributed by atoms with E-state index in [2.05, 4.69) is 21.5 Å². The van der Waals surface area contributed by atoms with Crippen molar-refractivity contribution in [3.8, 4) is 11.8 Å². The Morgan fingerprint density at radius 2 is 2.06 bits per heavy atom. The lowest BCUT2D eigenvalue weighted by molar-refractivity contribution is -0.140. The van der Waals surface area contributed by atoms with Gasteiger partial charge in [-0.25, -0.2) is 4.79 Å². The number of fused-ring (bicyclic) bond motifs is 1. The van der Waals surface area contributed by atoms with Crippen molar-refractivity contribution in [1.29, 1.82) is 0 Å². The van der Waals surface area contributed by atoms with Gasteiger partial charge in [0.05, 0.1) is 11.1 Å². The highest BCUT2D eigenvalue weighted by Crippen LogP contribution is 2.50. The van der Waals surface area contributed by atoms with Gasteiger partial charge in [-0.15, -0.1) is 0 Å². The number of anilines is 1. The summed E-state index contributed by atoms with van der Waals surface area (Å²) in [6.45, 7) is 1.84. The molecule has 0 radical (unpaired) electrons. The van der Waals surface area contributed by atoms with E-state index >= 15 is 0 Å². The van der Waals surface area contributed by atoms with Gasteiger partial charge in [-0.1, -0.05) is 29.8 Å². The summed E-state index contributed by atoms with van der Waals surface area (Å²) in [5.74, 6) is 5.82. The quantitative estimate of drug-likeness (QED) is 0.340. The number of amides is 1. The van der Waals surface area contributed by atoms with Crippen molar-refractivity contribution < 1.29 is 28.3 Å². The zero-order valence-electron chi connectivity index (χ0n) is 17.8. The number of halogens is 1. The Morgan fingerprint density at radius 3 is 2.76 bits per heavy atom. The van der Waals surface area contributed by atoms with Gasteiger partial charge in [0.25, 0.3) is 5.78 Å². The largest absolute Gasteiger partial charge is 0.480 e. The zero-order chi connectivity index (χ0) is 23.9. The maximum absolute atomic E-state index is 12.3. The number of benzene rings is 1. The van der Waals surface area contributed by atoms with Crippen LogP contribution in [0.15, 0.2) is 45.2 Å². The lowest BCUT2D eigenvalue weighted by Gasteiger charge is -2.08. The summed E-state index contributed by atoms with van der Waals surface area (Å²) in [7, 11) is 0. The average Bonchev–Trinajstić information content (AvgIpc) is 3.25. The van der Waals surface area contributed by atoms with Gasteiger partial charge in [0.1, 0.15) is 17.8 Å². The highest BCUT2D eigenvalue weighted by atomic mass is 35.5. The third kappa shape index (κ3) is 4.14. The van der Waals surface area contributed by atoms with Gasteiger partial charge < -0.3 is 18.7 Å². The number of aryl methyl sites for hydroxylation is 1. The fourth-order valence-electron chi connectivity index (χ4n) is 3.45. The first-order valence-corrected chi connectivity index (χ1v) is 11.4. The predicted molar refractivity (Wildman–Crippen MR) is 125 cm³/mol. The van der Waals surface area contributed by atoms with E-state index in [0.717, 1.165) is 4.88 Å². The SMILES string of the molecule is Cc1snc(C#Cc2cc3cc(C4(C(=O)O)CC4)oc3o2)c1NC(=O)OCc1ccccc1Cl. The number of furan rings is 2. The van der Waals surface area contributed by atoms with Crippen molar-refractivity contribution >= 4 is 52.0 Å². The molecule has 1 aliphatic carbocycles. The molecule has 1 amide bonds. The monoisotopic (exact) mass is 496 g/mol. The third-order valence-electron chi connectivity index (χ3n) is 5.56. The van der Waals surface area contributed by atoms with Crippen molar-refractivity contribution in [2.45, 2.75) is 31.8 Å². The Bertz CT molecular complexity index is 1450. The molecule has 0 spiro atoms. The number of hydrogen-bond acceptors (Lipinski definition) is 7. The molecular weight excluding hydrogens is 480 g/mol. The predicted octanol–water partition coefficient (Wildman–Crippen LogP) is 5.71. The van der Waals surface area contributed by atoms with Gasteiger partial charge in [-0.3, -0.25) is 10.1 Å². The fourth-order valence-corrected chi connectivity index (χ4v) is 4.24. The highest BCUT2D eigenvalue weighted by molar-refractivity contribution is 7.06. The summed E-state index contributed by atoms with van der Waals surface area (Å²) in [6, 6.07) is 10.5. The topological polar surface area (TPSA) is 115 Å². The lowest BCUT2D eigenvalue weighted by atomic mass is 10.0. The molecule has 10 heteroatoms. The van der Waals surface area contributed by atoms with Gasteiger partial charge in [-0.05, 0) is 55.3 Å². The Balaban J connectivity index is 1.29. The lowest BCUT2D eigenvalue weighted by Crippen LogP contribution is -2.18. The molecule has 5 rings (SSSR count). The third-order valence-corrected chi connectivity index (χ3v) is 6.68. The Labute approximate surface area is 202 Å². The molecule has 2 N–H and O–H groups in total. The number of nitrogens with one attached hydrogen (secondary N) is 1. The molecule has 0 bridgehead atoms. The maximum Gasteiger partial charge on any atom is 0.412 e. The van der Waals surface area contributed by atoms with Crippen LogP contribution in [-0.2, 0) is 21.6 Å². The van der Waals surface area contributed by atoms with Crippen molar-refractivity contribution in [2.75, 3.05) is 5.32 Å². The molecule has 1 aliphatic rings. The average molecular weight is 497 g/mol. The molecule has 3 aromatic heterocycles. The number of carbonyl (C=O) groups is 2. The van der Waals surface area contributed by atoms with Crippen molar-refractivity contribution in [2.24, 2.45) is 0 Å². The van der Waals surface area contributed by atoms with E-state index < -0.39 is 17.5 Å². The number of carboxylic acids is 1. The van der Waals surface area contributed by atoms with Crippen LogP contribution in [-0.4, -0.2) is 21.5 Å². The van der Waals surface area contributed by atoms with Crippen LogP contribution in [0.1, 0.15) is 40.5 Å². The molecule has 3 heterocycles. The fraction of sp³-hybridized carbons (Fsp3) is 0.208. The molecule has 0 saturated heterocycles. The number of aliphatic carboxylic acids is 1. The van der Waals surface area contributed by atoms with Crippen LogP contribution < -0.4 is 5.32 Å². The van der Waals surface area contributed by atoms with E-state index in [4.69, 9.17) is 25.2 Å². The Hall–Kier alpha value is -3.74. The molecule has 0 unspecified atom stereocenters. The highest BCUT2D eigenvalue weighted by Gasteiger charge is 2.54. The number of ether oxygens (including phenoxy) is 1. The molecule has 1 saturated carbocycles. The number of carbonyl (C=O) groups excluding carboxylic acids is 1. The zero-order valence-corrected chi connectivity index (χ0v) is 19.4. The standard InChI is InChI=1S/C24H17ClN2O6S/c1-13-20(26-23(30)31-12-14-4-2-3-5-17(14)25)18(27-34-13)7-6-16-10-15-11-19(33-21(15)32-16)24(8-9-24)22(28)29/h2-5,10-11H,8-9,12H2,1H3,(H,26,30)(H,28,29). The Morgan fingerprint density at radius 1 is 1.26 bits per heavy atom. The van der Waals surface area contributed by atoms with Crippen molar-refractivity contribution in [1.82, 2.24) is 4.37 Å². The van der Waals surface area contributed by atoms with Crippen molar-refractivity contribution in [3.63, 3.8) is 0 Å². The van der Waals surface area contributed by atoms with E-state index in [1.54, 1.807) is 30.3 Å². The molecule has 0 atom stereocenters. The van der Waals surface area contributed by atoms with Gasteiger partial charge in [0, 0.05) is 21.5 Å². The van der Waals surface area contributed by atoms with E-state index in [-0.39, 0.29) is 12.4 Å². The summed E-state index contributed by atoms with van der Waals surface area (Å²) >= 11 is 7.29. The van der Waals surface area contributed by atoms with Crippen LogP contribution >= 0.6 is 23.1 Å². The summed E-state index contributed by atoms with van der Waals surface area (Å²) < 4.78 is 20.8. The smallest absolute Gasteiger partial charge is 0.412 e. The molecular formula is C24H17ClN2O6S. The van der Waals surface area contributed by atoms with Gasteiger partial charge in [0.15, 0.2) is 11.5 Å². The summed E-state index contributed by atoms with van der Waals surface area (Å²) in [4.78, 5) is 24.5.